The molecule has 1 amide bonds. The van der Waals surface area contributed by atoms with Crippen molar-refractivity contribution < 1.29 is 37.3 Å². The molecule has 0 radical (unpaired) electrons. The van der Waals surface area contributed by atoms with Gasteiger partial charge in [0.25, 0.3) is 7.82 Å². The van der Waals surface area contributed by atoms with Crippen molar-refractivity contribution in [1.29, 1.82) is 0 Å². The number of carbonyl (C=O) groups is 2. The number of esters is 1. The molecule has 10 heteroatoms. The van der Waals surface area contributed by atoms with Crippen molar-refractivity contribution in [3.05, 3.63) is 85.1 Å². The van der Waals surface area contributed by atoms with Crippen molar-refractivity contribution in [2.75, 3.05) is 40.9 Å². The molecule has 1 N–H and O–H groups in total. The number of nitrogens with one attached hydrogen (secondary N) is 1. The Labute approximate surface area is 476 Å². The van der Waals surface area contributed by atoms with Gasteiger partial charge in [-0.3, -0.25) is 14.2 Å². The molecule has 0 spiro atoms. The smallest absolute Gasteiger partial charge is 0.306 e. The van der Waals surface area contributed by atoms with Gasteiger partial charge in [-0.15, -0.1) is 0 Å². The Morgan fingerprint density at radius 1 is 0.481 bits per heavy atom. The lowest BCUT2D eigenvalue weighted by Crippen LogP contribution is -2.47. The zero-order chi connectivity index (χ0) is 56.4. The number of phosphoric acid groups is 1. The van der Waals surface area contributed by atoms with Gasteiger partial charge < -0.3 is 28.5 Å². The van der Waals surface area contributed by atoms with E-state index in [2.05, 4.69) is 92.9 Å². The van der Waals surface area contributed by atoms with Crippen LogP contribution in [0.1, 0.15) is 278 Å². The van der Waals surface area contributed by atoms with Crippen LogP contribution < -0.4 is 10.2 Å². The number of amides is 1. The lowest BCUT2D eigenvalue weighted by molar-refractivity contribution is -0.870. The third kappa shape index (κ3) is 57.7. The molecule has 3 unspecified atom stereocenters. The molecule has 0 fully saturated rings. The Balaban J connectivity index is 5.02. The quantitative estimate of drug-likeness (QED) is 0.0161. The maximum absolute atomic E-state index is 13.5. The lowest BCUT2D eigenvalue weighted by atomic mass is 10.0. The third-order valence-corrected chi connectivity index (χ3v) is 14.8. The van der Waals surface area contributed by atoms with Gasteiger partial charge >= 0.3 is 5.97 Å². The van der Waals surface area contributed by atoms with Crippen LogP contribution >= 0.6 is 7.82 Å². The van der Waals surface area contributed by atoms with Gasteiger partial charge in [-0.2, -0.15) is 0 Å². The summed E-state index contributed by atoms with van der Waals surface area (Å²) in [6.45, 7) is 6.66. The largest absolute Gasteiger partial charge is 0.756 e. The minimum atomic E-state index is -4.70. The number of ether oxygens (including phenoxy) is 1. The summed E-state index contributed by atoms with van der Waals surface area (Å²) in [5.74, 6) is -0.565. The first kappa shape index (κ1) is 74.2. The molecule has 0 heterocycles. The molecule has 0 aromatic carbocycles. The molecule has 3 atom stereocenters. The number of hydrogen-bond acceptors (Lipinski definition) is 7. The number of carbonyl (C=O) groups excluding carboxylic acids is 2. The van der Waals surface area contributed by atoms with E-state index >= 15 is 0 Å². The van der Waals surface area contributed by atoms with Gasteiger partial charge in [0.05, 0.1) is 33.8 Å². The van der Waals surface area contributed by atoms with E-state index in [-0.39, 0.29) is 24.9 Å². The summed E-state index contributed by atoms with van der Waals surface area (Å²) in [4.78, 5) is 39.9. The lowest BCUT2D eigenvalue weighted by Gasteiger charge is -2.30. The standard InChI is InChI=1S/C67H121N2O7P/c1-7-10-13-16-19-22-25-27-28-29-30-31-32-33-34-35-36-37-38-39-40-42-45-48-51-54-57-60-67(71)76-65(58-55-52-49-46-43-24-21-18-15-12-9-3)64(63-75-77(72,73)74-62-61-69(4,5)6)68-66(70)59-56-53-50-47-44-41-26-23-20-17-14-11-8-2/h11,14,17,19-20,22-23,26-28,30-31,55,58,64-65H,7-10,12-13,15-16,18,21,24-25,29,32-54,56-57,59-63H2,1-6H3,(H-,68,70,72,73)/b14-11+,20-17+,22-19-,26-23-,28-27-,31-30-,58-55-. The molecule has 9 nitrogen and oxygen atoms in total. The van der Waals surface area contributed by atoms with Crippen LogP contribution in [0.2, 0.25) is 0 Å². The summed E-state index contributed by atoms with van der Waals surface area (Å²) in [7, 11) is 1.16. The van der Waals surface area contributed by atoms with Crippen LogP contribution in [0.4, 0.5) is 0 Å². The maximum Gasteiger partial charge on any atom is 0.306 e. The third-order valence-electron chi connectivity index (χ3n) is 13.9. The zero-order valence-corrected chi connectivity index (χ0v) is 51.8. The molecule has 0 aromatic rings. The van der Waals surface area contributed by atoms with E-state index < -0.39 is 26.6 Å². The number of hydrogen-bond donors (Lipinski definition) is 1. The fourth-order valence-corrected chi connectivity index (χ4v) is 9.66. The topological polar surface area (TPSA) is 114 Å². The monoisotopic (exact) mass is 1100 g/mol. The number of rotatable bonds is 57. The van der Waals surface area contributed by atoms with E-state index in [1.54, 1.807) is 0 Å². The molecule has 0 aromatic heterocycles. The van der Waals surface area contributed by atoms with Crippen molar-refractivity contribution in [1.82, 2.24) is 5.32 Å². The Hall–Kier alpha value is -2.81. The van der Waals surface area contributed by atoms with Crippen molar-refractivity contribution in [2.45, 2.75) is 290 Å². The normalized spacial score (nSPS) is 14.2. The van der Waals surface area contributed by atoms with Crippen molar-refractivity contribution >= 4 is 19.7 Å². The number of quaternary nitrogens is 1. The molecular formula is C67H121N2O7P. The van der Waals surface area contributed by atoms with Crippen LogP contribution in [0.5, 0.6) is 0 Å². The van der Waals surface area contributed by atoms with Gasteiger partial charge in [0.15, 0.2) is 0 Å². The van der Waals surface area contributed by atoms with Crippen LogP contribution in [0.25, 0.3) is 0 Å². The Morgan fingerprint density at radius 2 is 0.883 bits per heavy atom. The van der Waals surface area contributed by atoms with Crippen LogP contribution in [0.15, 0.2) is 85.1 Å². The minimum Gasteiger partial charge on any atom is -0.756 e. The van der Waals surface area contributed by atoms with Crippen LogP contribution in [0, 0.1) is 0 Å². The molecular weight excluding hydrogens is 976 g/mol. The average Bonchev–Trinajstić information content (AvgIpc) is 3.39. The van der Waals surface area contributed by atoms with E-state index in [0.717, 1.165) is 89.9 Å². The molecule has 0 rings (SSSR count). The highest BCUT2D eigenvalue weighted by molar-refractivity contribution is 7.45. The first-order valence-electron chi connectivity index (χ1n) is 31.9. The molecule has 0 bridgehead atoms. The highest BCUT2D eigenvalue weighted by Gasteiger charge is 2.27. The van der Waals surface area contributed by atoms with E-state index in [0.29, 0.717) is 23.9 Å². The molecule has 0 saturated heterocycles. The molecule has 77 heavy (non-hydrogen) atoms. The summed E-state index contributed by atoms with van der Waals surface area (Å²) in [5.41, 5.74) is 0. The Morgan fingerprint density at radius 3 is 1.38 bits per heavy atom. The fourth-order valence-electron chi connectivity index (χ4n) is 8.94. The number of phosphoric ester groups is 1. The van der Waals surface area contributed by atoms with Crippen molar-refractivity contribution in [2.24, 2.45) is 0 Å². The predicted molar refractivity (Wildman–Crippen MR) is 330 cm³/mol. The summed E-state index contributed by atoms with van der Waals surface area (Å²) >= 11 is 0. The SMILES string of the molecule is CC/C=C/C=C/C=C\CCCCCCCC(=O)NC(COP(=O)([O-])OCC[N+](C)(C)C)C(/C=C\CCCCCCCCCCC)OC(=O)CCCCCCCCCCCCCCCC/C=C\C/C=C\C/C=C\CCCCC. The first-order valence-corrected chi connectivity index (χ1v) is 33.4. The van der Waals surface area contributed by atoms with Gasteiger partial charge in [-0.05, 0) is 89.5 Å². The second-order valence-corrected chi connectivity index (χ2v) is 24.0. The molecule has 0 saturated carbocycles. The van der Waals surface area contributed by atoms with E-state index in [9.17, 15) is 19.0 Å². The number of likely N-dealkylation sites (N-methyl/N-ethyl adjacent to an activating group) is 1. The first-order chi connectivity index (χ1) is 37.4. The van der Waals surface area contributed by atoms with Gasteiger partial charge in [-0.25, -0.2) is 0 Å². The number of unbranched alkanes of at least 4 members (excludes halogenated alkanes) is 31. The summed E-state index contributed by atoms with van der Waals surface area (Å²) < 4.78 is 30.3. The van der Waals surface area contributed by atoms with Gasteiger partial charge in [0.1, 0.15) is 19.3 Å². The summed E-state index contributed by atoms with van der Waals surface area (Å²) in [6.07, 6.45) is 74.2. The highest BCUT2D eigenvalue weighted by Crippen LogP contribution is 2.38. The van der Waals surface area contributed by atoms with Crippen LogP contribution in [-0.2, 0) is 27.9 Å². The highest BCUT2D eigenvalue weighted by atomic mass is 31.2. The van der Waals surface area contributed by atoms with Gasteiger partial charge in [0, 0.05) is 12.8 Å². The zero-order valence-electron chi connectivity index (χ0n) is 50.9. The minimum absolute atomic E-state index is 0.0293. The average molecular weight is 1100 g/mol. The summed E-state index contributed by atoms with van der Waals surface area (Å²) in [5, 5.41) is 3.01. The second-order valence-electron chi connectivity index (χ2n) is 22.6. The Bertz CT molecular complexity index is 1590. The molecule has 0 aliphatic rings. The van der Waals surface area contributed by atoms with E-state index in [1.165, 1.54) is 148 Å². The van der Waals surface area contributed by atoms with Crippen LogP contribution in [0.3, 0.4) is 0 Å². The van der Waals surface area contributed by atoms with Gasteiger partial charge in [-0.1, -0.05) is 260 Å². The van der Waals surface area contributed by atoms with Crippen molar-refractivity contribution in [3.63, 3.8) is 0 Å². The molecule has 0 aliphatic carbocycles. The molecule has 446 valence electrons. The van der Waals surface area contributed by atoms with Gasteiger partial charge in [0.2, 0.25) is 5.91 Å². The summed E-state index contributed by atoms with van der Waals surface area (Å²) in [6, 6.07) is -0.901. The van der Waals surface area contributed by atoms with Crippen LogP contribution in [-0.4, -0.2) is 69.4 Å². The maximum atomic E-state index is 13.5. The number of nitrogens with zero attached hydrogens (tertiary/aromatic N) is 1. The van der Waals surface area contributed by atoms with Crippen molar-refractivity contribution in [3.8, 4) is 0 Å². The van der Waals surface area contributed by atoms with E-state index in [4.69, 9.17) is 13.8 Å². The Kier molecular flexibility index (Phi) is 54.4. The fraction of sp³-hybridized carbons (Fsp3) is 0.761. The second kappa shape index (κ2) is 56.5. The number of allylic oxidation sites excluding steroid dienone is 13. The predicted octanol–water partition coefficient (Wildman–Crippen LogP) is 19.1. The molecule has 0 aliphatic heterocycles. The van der Waals surface area contributed by atoms with E-state index in [1.807, 2.05) is 39.4 Å².